The summed E-state index contributed by atoms with van der Waals surface area (Å²) < 4.78 is 39.0. The molecule has 7 nitrogen and oxygen atoms in total. The van der Waals surface area contributed by atoms with Crippen LogP contribution in [-0.4, -0.2) is 39.6 Å². The van der Waals surface area contributed by atoms with Crippen molar-refractivity contribution in [3.05, 3.63) is 16.6 Å². The number of carbonyl (C=O) groups excluding carboxylic acids is 1. The zero-order valence-electron chi connectivity index (χ0n) is 13.9. The molecule has 0 unspecified atom stereocenters. The van der Waals surface area contributed by atoms with Crippen LogP contribution in [0.4, 0.5) is 0 Å². The van der Waals surface area contributed by atoms with Crippen LogP contribution in [-0.2, 0) is 14.8 Å². The maximum atomic E-state index is 12.7. The molecule has 2 aliphatic rings. The van der Waals surface area contributed by atoms with Gasteiger partial charge >= 0.3 is 0 Å². The number of halogens is 1. The fraction of sp³-hybridized carbons (Fsp3) is 0.562. The first kappa shape index (κ1) is 18.5. The van der Waals surface area contributed by atoms with E-state index < -0.39 is 16.1 Å². The second-order valence-corrected chi connectivity index (χ2v) is 8.80. The molecule has 0 aromatic heterocycles. The molecule has 1 aliphatic heterocycles. The van der Waals surface area contributed by atoms with E-state index in [9.17, 15) is 13.2 Å². The van der Waals surface area contributed by atoms with E-state index in [0.29, 0.717) is 29.2 Å². The Hall–Kier alpha value is -1.32. The Labute approximate surface area is 155 Å². The second-order valence-electron chi connectivity index (χ2n) is 6.26. The van der Waals surface area contributed by atoms with E-state index in [1.54, 1.807) is 6.07 Å². The molecule has 9 heteroatoms. The smallest absolute Gasteiger partial charge is 0.242 e. The largest absolute Gasteiger partial charge is 0.486 e. The molecule has 3 rings (SSSR count). The van der Waals surface area contributed by atoms with Crippen LogP contribution in [0.2, 0.25) is 0 Å². The molecule has 0 radical (unpaired) electrons. The first-order valence-electron chi connectivity index (χ1n) is 8.28. The minimum absolute atomic E-state index is 0.0114. The van der Waals surface area contributed by atoms with Gasteiger partial charge in [0.15, 0.2) is 11.5 Å². The Morgan fingerprint density at radius 2 is 1.80 bits per heavy atom. The van der Waals surface area contributed by atoms with Gasteiger partial charge in [-0.05, 0) is 41.8 Å². The van der Waals surface area contributed by atoms with Crippen LogP contribution in [0.3, 0.4) is 0 Å². The van der Waals surface area contributed by atoms with Crippen LogP contribution in [0.1, 0.15) is 32.6 Å². The number of hydrogen-bond donors (Lipinski definition) is 2. The van der Waals surface area contributed by atoms with Crippen molar-refractivity contribution < 1.29 is 22.7 Å². The molecule has 1 aromatic rings. The van der Waals surface area contributed by atoms with Gasteiger partial charge in [-0.1, -0.05) is 12.8 Å². The van der Waals surface area contributed by atoms with Gasteiger partial charge in [0.05, 0.1) is 6.04 Å². The van der Waals surface area contributed by atoms with E-state index in [4.69, 9.17) is 9.47 Å². The monoisotopic (exact) mass is 432 g/mol. The van der Waals surface area contributed by atoms with Gasteiger partial charge in [0.2, 0.25) is 15.9 Å². The summed E-state index contributed by atoms with van der Waals surface area (Å²) in [5.74, 6) is 0.547. The molecule has 0 saturated heterocycles. The molecule has 0 spiro atoms. The summed E-state index contributed by atoms with van der Waals surface area (Å²) in [6.45, 7) is 2.32. The number of nitrogens with one attached hydrogen (secondary N) is 2. The lowest BCUT2D eigenvalue weighted by molar-refractivity contribution is -0.123. The van der Waals surface area contributed by atoms with Crippen LogP contribution in [0.25, 0.3) is 0 Å². The summed E-state index contributed by atoms with van der Waals surface area (Å²) in [6, 6.07) is 2.24. The van der Waals surface area contributed by atoms with Crippen molar-refractivity contribution >= 4 is 31.9 Å². The highest BCUT2D eigenvalue weighted by molar-refractivity contribution is 9.10. The third kappa shape index (κ3) is 4.27. The Balaban J connectivity index is 1.73. The van der Waals surface area contributed by atoms with Crippen molar-refractivity contribution in [2.75, 3.05) is 13.2 Å². The van der Waals surface area contributed by atoms with Crippen LogP contribution in [0.5, 0.6) is 11.5 Å². The maximum absolute atomic E-state index is 12.7. The van der Waals surface area contributed by atoms with Crippen molar-refractivity contribution in [1.82, 2.24) is 10.0 Å². The molecule has 138 valence electrons. The normalized spacial score (nSPS) is 18.8. The predicted molar refractivity (Wildman–Crippen MR) is 95.3 cm³/mol. The topological polar surface area (TPSA) is 93.7 Å². The predicted octanol–water partition coefficient (Wildman–Crippen LogP) is 1.95. The van der Waals surface area contributed by atoms with Gasteiger partial charge in [-0.2, -0.15) is 4.72 Å². The standard InChI is InChI=1S/C16H21BrN2O5S/c1-10(16(20)18-11-4-2-3-5-11)19-25(21,22)15-9-14-13(8-12(15)17)23-6-7-24-14/h8-11,19H,2-7H2,1H3,(H,18,20)/t10-/m1/s1. The number of carbonyl (C=O) groups is 1. The first-order chi connectivity index (χ1) is 11.9. The van der Waals surface area contributed by atoms with Gasteiger partial charge < -0.3 is 14.8 Å². The van der Waals surface area contributed by atoms with Crippen molar-refractivity contribution in [3.63, 3.8) is 0 Å². The molecule has 1 saturated carbocycles. The molecular weight excluding hydrogens is 412 g/mol. The summed E-state index contributed by atoms with van der Waals surface area (Å²) in [7, 11) is -3.90. The Morgan fingerprint density at radius 3 is 2.44 bits per heavy atom. The van der Waals surface area contributed by atoms with Gasteiger partial charge in [-0.3, -0.25) is 4.79 Å². The number of fused-ring (bicyclic) bond motifs is 1. The number of benzene rings is 1. The highest BCUT2D eigenvalue weighted by Gasteiger charge is 2.28. The summed E-state index contributed by atoms with van der Waals surface area (Å²) in [4.78, 5) is 12.2. The Kier molecular flexibility index (Phi) is 5.55. The van der Waals surface area contributed by atoms with Crippen LogP contribution in [0.15, 0.2) is 21.5 Å². The first-order valence-corrected chi connectivity index (χ1v) is 10.6. The third-order valence-corrected chi connectivity index (χ3v) is 6.81. The molecule has 1 fully saturated rings. The van der Waals surface area contributed by atoms with Crippen molar-refractivity contribution in [2.24, 2.45) is 0 Å². The van der Waals surface area contributed by atoms with Gasteiger partial charge in [-0.15, -0.1) is 0 Å². The van der Waals surface area contributed by atoms with E-state index in [1.165, 1.54) is 13.0 Å². The van der Waals surface area contributed by atoms with E-state index >= 15 is 0 Å². The van der Waals surface area contributed by atoms with Crippen LogP contribution >= 0.6 is 15.9 Å². The van der Waals surface area contributed by atoms with Gasteiger partial charge in [-0.25, -0.2) is 8.42 Å². The maximum Gasteiger partial charge on any atom is 0.242 e. The lowest BCUT2D eigenvalue weighted by Gasteiger charge is -2.21. The van der Waals surface area contributed by atoms with Crippen LogP contribution < -0.4 is 19.5 Å². The van der Waals surface area contributed by atoms with Crippen molar-refractivity contribution in [1.29, 1.82) is 0 Å². The van der Waals surface area contributed by atoms with Gasteiger partial charge in [0, 0.05) is 16.6 Å². The Morgan fingerprint density at radius 1 is 1.20 bits per heavy atom. The van der Waals surface area contributed by atoms with Crippen LogP contribution in [0, 0.1) is 0 Å². The molecule has 1 aliphatic carbocycles. The van der Waals surface area contributed by atoms with Gasteiger partial charge in [0.25, 0.3) is 0 Å². The van der Waals surface area contributed by atoms with E-state index in [-0.39, 0.29) is 16.8 Å². The van der Waals surface area contributed by atoms with Gasteiger partial charge in [0.1, 0.15) is 18.1 Å². The SMILES string of the molecule is C[C@@H](NS(=O)(=O)c1cc2c(cc1Br)OCCO2)C(=O)NC1CCCC1. The number of rotatable bonds is 5. The molecule has 1 heterocycles. The van der Waals surface area contributed by atoms with E-state index in [1.807, 2.05) is 0 Å². The average Bonchev–Trinajstić information content (AvgIpc) is 3.06. The van der Waals surface area contributed by atoms with Crippen molar-refractivity contribution in [2.45, 2.75) is 49.6 Å². The van der Waals surface area contributed by atoms with Crippen molar-refractivity contribution in [3.8, 4) is 11.5 Å². The average molecular weight is 433 g/mol. The molecule has 25 heavy (non-hydrogen) atoms. The minimum Gasteiger partial charge on any atom is -0.486 e. The highest BCUT2D eigenvalue weighted by Crippen LogP contribution is 2.37. The highest BCUT2D eigenvalue weighted by atomic mass is 79.9. The third-order valence-electron chi connectivity index (χ3n) is 4.31. The molecule has 1 amide bonds. The number of hydrogen-bond acceptors (Lipinski definition) is 5. The lowest BCUT2D eigenvalue weighted by atomic mass is 10.2. The van der Waals surface area contributed by atoms with E-state index in [2.05, 4.69) is 26.0 Å². The Bertz CT molecular complexity index is 762. The quantitative estimate of drug-likeness (QED) is 0.741. The fourth-order valence-electron chi connectivity index (χ4n) is 3.00. The summed E-state index contributed by atoms with van der Waals surface area (Å²) in [5, 5.41) is 2.89. The molecule has 2 N–H and O–H groups in total. The second kappa shape index (κ2) is 7.51. The molecular formula is C16H21BrN2O5S. The summed E-state index contributed by atoms with van der Waals surface area (Å²) in [5.41, 5.74) is 0. The fourth-order valence-corrected chi connectivity index (χ4v) is 5.24. The minimum atomic E-state index is -3.90. The number of amides is 1. The summed E-state index contributed by atoms with van der Waals surface area (Å²) in [6.07, 6.45) is 4.07. The zero-order chi connectivity index (χ0) is 18.0. The molecule has 0 bridgehead atoms. The molecule has 1 aromatic carbocycles. The zero-order valence-corrected chi connectivity index (χ0v) is 16.3. The van der Waals surface area contributed by atoms with E-state index in [0.717, 1.165) is 25.7 Å². The number of ether oxygens (including phenoxy) is 2. The lowest BCUT2D eigenvalue weighted by Crippen LogP contribution is -2.47. The summed E-state index contributed by atoms with van der Waals surface area (Å²) >= 11 is 3.25. The molecule has 1 atom stereocenters. The number of sulfonamides is 1.